The van der Waals surface area contributed by atoms with E-state index in [0.717, 1.165) is 19.4 Å². The van der Waals surface area contributed by atoms with Crippen molar-refractivity contribution in [3.8, 4) is 0 Å². The summed E-state index contributed by atoms with van der Waals surface area (Å²) in [5.74, 6) is 0.313. The first-order valence-electron chi connectivity index (χ1n) is 5.26. The minimum atomic E-state index is 0.313. The molecule has 0 aliphatic carbocycles. The van der Waals surface area contributed by atoms with Crippen molar-refractivity contribution < 1.29 is 0 Å². The molecule has 78 valence electrons. The summed E-state index contributed by atoms with van der Waals surface area (Å²) in [4.78, 5) is 2.45. The quantitative estimate of drug-likeness (QED) is 0.448. The fourth-order valence-corrected chi connectivity index (χ4v) is 1.46. The normalized spacial score (nSPS) is 10.7. The Labute approximate surface area is 81.8 Å². The maximum Gasteiger partial charge on any atom is 0.0905 e. The Morgan fingerprint density at radius 1 is 1.15 bits per heavy atom. The highest BCUT2D eigenvalue weighted by atomic mass is 15.1. The van der Waals surface area contributed by atoms with Crippen LogP contribution < -0.4 is 5.73 Å². The molecule has 0 aromatic carbocycles. The average Bonchev–Trinajstić information content (AvgIpc) is 2.04. The first-order valence-corrected chi connectivity index (χ1v) is 5.26. The van der Waals surface area contributed by atoms with Gasteiger partial charge in [-0.05, 0) is 38.9 Å². The van der Waals surface area contributed by atoms with E-state index in [9.17, 15) is 0 Å². The van der Waals surface area contributed by atoms with Gasteiger partial charge in [0.25, 0.3) is 0 Å². The van der Waals surface area contributed by atoms with E-state index in [0.29, 0.717) is 5.84 Å². The van der Waals surface area contributed by atoms with Gasteiger partial charge >= 0.3 is 0 Å². The molecule has 0 fully saturated rings. The van der Waals surface area contributed by atoms with Crippen molar-refractivity contribution in [2.75, 3.05) is 19.6 Å². The van der Waals surface area contributed by atoms with Crippen LogP contribution in [-0.2, 0) is 0 Å². The van der Waals surface area contributed by atoms with E-state index >= 15 is 0 Å². The van der Waals surface area contributed by atoms with Gasteiger partial charge in [0.1, 0.15) is 0 Å². The molecular formula is C10H23N3. The van der Waals surface area contributed by atoms with Gasteiger partial charge < -0.3 is 10.6 Å². The van der Waals surface area contributed by atoms with Gasteiger partial charge in [0.05, 0.1) is 5.84 Å². The van der Waals surface area contributed by atoms with Gasteiger partial charge in [-0.25, -0.2) is 0 Å². The maximum absolute atomic E-state index is 7.10. The van der Waals surface area contributed by atoms with Gasteiger partial charge in [-0.2, -0.15) is 0 Å². The van der Waals surface area contributed by atoms with Crippen molar-refractivity contribution in [2.24, 2.45) is 5.73 Å². The predicted octanol–water partition coefficient (Wildman–Crippen LogP) is 1.82. The Morgan fingerprint density at radius 2 is 1.69 bits per heavy atom. The Balaban J connectivity index is 3.49. The maximum atomic E-state index is 7.10. The number of nitrogens with one attached hydrogen (secondary N) is 1. The van der Waals surface area contributed by atoms with Gasteiger partial charge in [-0.3, -0.25) is 5.41 Å². The fourth-order valence-electron chi connectivity index (χ4n) is 1.46. The number of hydrogen-bond acceptors (Lipinski definition) is 2. The molecule has 0 rings (SSSR count). The second-order valence-corrected chi connectivity index (χ2v) is 3.47. The molecule has 0 radical (unpaired) electrons. The van der Waals surface area contributed by atoms with E-state index in [4.69, 9.17) is 11.1 Å². The number of rotatable bonds is 8. The molecule has 0 unspecified atom stereocenters. The van der Waals surface area contributed by atoms with Crippen LogP contribution in [0.5, 0.6) is 0 Å². The Bertz CT molecular complexity index is 128. The lowest BCUT2D eigenvalue weighted by atomic mass is 10.2. The molecule has 3 heteroatoms. The summed E-state index contributed by atoms with van der Waals surface area (Å²) in [6.45, 7) is 7.83. The van der Waals surface area contributed by atoms with Gasteiger partial charge in [-0.1, -0.05) is 13.8 Å². The topological polar surface area (TPSA) is 53.1 Å². The van der Waals surface area contributed by atoms with Crippen LogP contribution in [0.25, 0.3) is 0 Å². The standard InChI is InChI=1S/C10H23N3/c1-3-7-13(8-4-2)9-5-6-10(11)12/h3-9H2,1-2H3,(H3,11,12). The minimum Gasteiger partial charge on any atom is -0.388 e. The number of nitrogens with zero attached hydrogens (tertiary/aromatic N) is 1. The van der Waals surface area contributed by atoms with Crippen LogP contribution >= 0.6 is 0 Å². The van der Waals surface area contributed by atoms with Crippen molar-refractivity contribution in [1.29, 1.82) is 5.41 Å². The molecule has 0 amide bonds. The zero-order valence-corrected chi connectivity index (χ0v) is 8.97. The Morgan fingerprint density at radius 3 is 2.08 bits per heavy atom. The average molecular weight is 185 g/mol. The summed E-state index contributed by atoms with van der Waals surface area (Å²) in [7, 11) is 0. The molecule has 0 saturated carbocycles. The molecule has 0 aliphatic heterocycles. The number of nitrogens with two attached hydrogens (primary N) is 1. The van der Waals surface area contributed by atoms with E-state index in [-0.39, 0.29) is 0 Å². The van der Waals surface area contributed by atoms with Crippen molar-refractivity contribution in [2.45, 2.75) is 39.5 Å². The lowest BCUT2D eigenvalue weighted by molar-refractivity contribution is 0.273. The molecule has 3 N–H and O–H groups in total. The zero-order chi connectivity index (χ0) is 10.1. The lowest BCUT2D eigenvalue weighted by Crippen LogP contribution is -2.27. The molecule has 0 atom stereocenters. The fraction of sp³-hybridized carbons (Fsp3) is 0.900. The van der Waals surface area contributed by atoms with Gasteiger partial charge in [0, 0.05) is 6.42 Å². The van der Waals surface area contributed by atoms with Crippen molar-refractivity contribution >= 4 is 5.84 Å². The van der Waals surface area contributed by atoms with Crippen molar-refractivity contribution in [3.05, 3.63) is 0 Å². The molecule has 0 spiro atoms. The molecule has 0 bridgehead atoms. The van der Waals surface area contributed by atoms with Gasteiger partial charge in [-0.15, -0.1) is 0 Å². The first-order chi connectivity index (χ1) is 6.20. The highest BCUT2D eigenvalue weighted by molar-refractivity contribution is 5.76. The molecule has 0 aromatic heterocycles. The SMILES string of the molecule is CCCN(CCC)CCCC(=N)N. The molecular weight excluding hydrogens is 162 g/mol. The third-order valence-corrected chi connectivity index (χ3v) is 2.00. The van der Waals surface area contributed by atoms with Crippen LogP contribution in [0.1, 0.15) is 39.5 Å². The molecule has 0 aromatic rings. The van der Waals surface area contributed by atoms with Crippen LogP contribution in [0.4, 0.5) is 0 Å². The van der Waals surface area contributed by atoms with E-state index in [2.05, 4.69) is 18.7 Å². The van der Waals surface area contributed by atoms with Crippen LogP contribution in [0, 0.1) is 5.41 Å². The van der Waals surface area contributed by atoms with Crippen LogP contribution in [0.3, 0.4) is 0 Å². The van der Waals surface area contributed by atoms with E-state index in [1.54, 1.807) is 0 Å². The minimum absolute atomic E-state index is 0.313. The van der Waals surface area contributed by atoms with Crippen molar-refractivity contribution in [1.82, 2.24) is 4.90 Å². The largest absolute Gasteiger partial charge is 0.388 e. The van der Waals surface area contributed by atoms with Gasteiger partial charge in [0.2, 0.25) is 0 Å². The van der Waals surface area contributed by atoms with Crippen LogP contribution in [0.15, 0.2) is 0 Å². The van der Waals surface area contributed by atoms with Gasteiger partial charge in [0.15, 0.2) is 0 Å². The third kappa shape index (κ3) is 7.78. The number of hydrogen-bond donors (Lipinski definition) is 2. The van der Waals surface area contributed by atoms with E-state index < -0.39 is 0 Å². The third-order valence-electron chi connectivity index (χ3n) is 2.00. The highest BCUT2D eigenvalue weighted by Gasteiger charge is 2.01. The second-order valence-electron chi connectivity index (χ2n) is 3.47. The highest BCUT2D eigenvalue weighted by Crippen LogP contribution is 1.98. The van der Waals surface area contributed by atoms with Crippen LogP contribution in [-0.4, -0.2) is 30.4 Å². The molecule has 0 heterocycles. The second kappa shape index (κ2) is 8.05. The predicted molar refractivity (Wildman–Crippen MR) is 58.2 cm³/mol. The van der Waals surface area contributed by atoms with E-state index in [1.807, 2.05) is 0 Å². The summed E-state index contributed by atoms with van der Waals surface area (Å²) < 4.78 is 0. The summed E-state index contributed by atoms with van der Waals surface area (Å²) in [6, 6.07) is 0. The Hall–Kier alpha value is -0.570. The first kappa shape index (κ1) is 12.4. The van der Waals surface area contributed by atoms with E-state index in [1.165, 1.54) is 25.9 Å². The molecule has 0 aliphatic rings. The zero-order valence-electron chi connectivity index (χ0n) is 8.97. The summed E-state index contributed by atoms with van der Waals surface area (Å²) >= 11 is 0. The van der Waals surface area contributed by atoms with Crippen LogP contribution in [0.2, 0.25) is 0 Å². The summed E-state index contributed by atoms with van der Waals surface area (Å²) in [5, 5.41) is 7.10. The molecule has 3 nitrogen and oxygen atoms in total. The van der Waals surface area contributed by atoms with Crippen molar-refractivity contribution in [3.63, 3.8) is 0 Å². The summed E-state index contributed by atoms with van der Waals surface area (Å²) in [5.41, 5.74) is 5.29. The molecule has 0 saturated heterocycles. The lowest BCUT2D eigenvalue weighted by Gasteiger charge is -2.20. The smallest absolute Gasteiger partial charge is 0.0905 e. The monoisotopic (exact) mass is 185 g/mol. The summed E-state index contributed by atoms with van der Waals surface area (Å²) in [6.07, 6.45) is 4.18. The number of amidine groups is 1. The molecule has 13 heavy (non-hydrogen) atoms. The Kier molecular flexibility index (Phi) is 7.69.